The molecule has 0 saturated heterocycles. The minimum atomic E-state index is -0.145. The first-order valence-electron chi connectivity index (χ1n) is 6.90. The van der Waals surface area contributed by atoms with Gasteiger partial charge in [0.15, 0.2) is 5.78 Å². The number of halogens is 1. The van der Waals surface area contributed by atoms with E-state index in [0.29, 0.717) is 27.8 Å². The zero-order valence-corrected chi connectivity index (χ0v) is 13.0. The van der Waals surface area contributed by atoms with Gasteiger partial charge in [-0.1, -0.05) is 23.7 Å². The first-order chi connectivity index (χ1) is 10.5. The quantitative estimate of drug-likeness (QED) is 0.456. The predicted octanol–water partition coefficient (Wildman–Crippen LogP) is 3.48. The third-order valence-corrected chi connectivity index (χ3v) is 3.80. The van der Waals surface area contributed by atoms with Gasteiger partial charge in [0.2, 0.25) is 0 Å². The maximum Gasteiger partial charge on any atom is 0.195 e. The van der Waals surface area contributed by atoms with Crippen LogP contribution in [0.5, 0.6) is 0 Å². The zero-order chi connectivity index (χ0) is 15.9. The zero-order valence-electron chi connectivity index (χ0n) is 12.2. The fourth-order valence-corrected chi connectivity index (χ4v) is 2.68. The van der Waals surface area contributed by atoms with Crippen LogP contribution in [0.4, 0.5) is 5.69 Å². The average Bonchev–Trinajstić information content (AvgIpc) is 2.87. The van der Waals surface area contributed by atoms with Crippen molar-refractivity contribution in [3.63, 3.8) is 0 Å². The van der Waals surface area contributed by atoms with Gasteiger partial charge in [0.05, 0.1) is 10.9 Å². The van der Waals surface area contributed by atoms with Crippen molar-refractivity contribution in [3.05, 3.63) is 53.1 Å². The van der Waals surface area contributed by atoms with Crippen molar-refractivity contribution >= 4 is 34.1 Å². The maximum atomic E-state index is 12.8. The molecule has 0 atom stereocenters. The normalized spacial score (nSPS) is 11.3. The van der Waals surface area contributed by atoms with E-state index in [-0.39, 0.29) is 17.0 Å². The number of carbonyl (C=O) groups is 1. The molecule has 2 N–H and O–H groups in total. The average molecular weight is 315 g/mol. The summed E-state index contributed by atoms with van der Waals surface area (Å²) in [5, 5.41) is 0.849. The lowest BCUT2D eigenvalue weighted by Crippen LogP contribution is -2.02. The van der Waals surface area contributed by atoms with Crippen molar-refractivity contribution in [1.82, 2.24) is 14.5 Å². The van der Waals surface area contributed by atoms with Crippen LogP contribution in [-0.4, -0.2) is 20.3 Å². The molecule has 0 bridgehead atoms. The lowest BCUT2D eigenvalue weighted by Gasteiger charge is -2.07. The van der Waals surface area contributed by atoms with E-state index in [0.717, 1.165) is 0 Å². The van der Waals surface area contributed by atoms with Crippen molar-refractivity contribution in [2.45, 2.75) is 19.9 Å². The van der Waals surface area contributed by atoms with Gasteiger partial charge >= 0.3 is 0 Å². The number of carbonyl (C=O) groups excluding carboxylic acids is 1. The number of nitrogens with zero attached hydrogens (tertiary/aromatic N) is 3. The molecule has 0 fully saturated rings. The Kier molecular flexibility index (Phi) is 3.58. The van der Waals surface area contributed by atoms with Crippen LogP contribution in [0.1, 0.15) is 35.8 Å². The van der Waals surface area contributed by atoms with E-state index in [1.165, 1.54) is 6.33 Å². The monoisotopic (exact) mass is 314 g/mol. The molecule has 0 aliphatic rings. The van der Waals surface area contributed by atoms with Crippen LogP contribution in [0.2, 0.25) is 5.15 Å². The van der Waals surface area contributed by atoms with E-state index in [1.807, 2.05) is 18.4 Å². The highest BCUT2D eigenvalue weighted by Gasteiger charge is 2.21. The van der Waals surface area contributed by atoms with E-state index in [2.05, 4.69) is 9.97 Å². The van der Waals surface area contributed by atoms with E-state index in [9.17, 15) is 4.79 Å². The third-order valence-electron chi connectivity index (χ3n) is 3.51. The minimum Gasteiger partial charge on any atom is -0.399 e. The van der Waals surface area contributed by atoms with E-state index >= 15 is 0 Å². The van der Waals surface area contributed by atoms with Crippen LogP contribution in [0, 0.1) is 0 Å². The number of anilines is 1. The number of fused-ring (bicyclic) bond motifs is 1. The SMILES string of the molecule is CC(C)n1cc(C(=O)c2cccc(N)c2)c2c(Cl)ncnc21. The first-order valence-corrected chi connectivity index (χ1v) is 7.28. The van der Waals surface area contributed by atoms with Gasteiger partial charge in [0.25, 0.3) is 0 Å². The number of nitrogen functional groups attached to an aromatic ring is 1. The third kappa shape index (κ3) is 2.33. The molecule has 0 unspecified atom stereocenters. The van der Waals surface area contributed by atoms with Gasteiger partial charge in [0, 0.05) is 23.5 Å². The van der Waals surface area contributed by atoms with E-state index in [1.54, 1.807) is 30.5 Å². The summed E-state index contributed by atoms with van der Waals surface area (Å²) in [5.74, 6) is -0.145. The molecule has 0 radical (unpaired) electrons. The topological polar surface area (TPSA) is 73.8 Å². The fraction of sp³-hybridized carbons (Fsp3) is 0.188. The second-order valence-electron chi connectivity index (χ2n) is 5.36. The number of nitrogens with two attached hydrogens (primary N) is 1. The van der Waals surface area contributed by atoms with E-state index in [4.69, 9.17) is 17.3 Å². The van der Waals surface area contributed by atoms with Gasteiger partial charge in [-0.3, -0.25) is 4.79 Å². The smallest absolute Gasteiger partial charge is 0.195 e. The Morgan fingerprint density at radius 2 is 2.09 bits per heavy atom. The second kappa shape index (κ2) is 5.42. The molecule has 22 heavy (non-hydrogen) atoms. The Balaban J connectivity index is 2.25. The Morgan fingerprint density at radius 1 is 1.32 bits per heavy atom. The molecule has 112 valence electrons. The van der Waals surface area contributed by atoms with Gasteiger partial charge in [-0.2, -0.15) is 0 Å². The molecule has 1 aromatic carbocycles. The number of rotatable bonds is 3. The van der Waals surface area contributed by atoms with Crippen LogP contribution in [-0.2, 0) is 0 Å². The first kappa shape index (κ1) is 14.5. The van der Waals surface area contributed by atoms with E-state index < -0.39 is 0 Å². The number of hydrogen-bond donors (Lipinski definition) is 1. The van der Waals surface area contributed by atoms with Crippen molar-refractivity contribution < 1.29 is 4.79 Å². The highest BCUT2D eigenvalue weighted by molar-refractivity contribution is 6.36. The highest BCUT2D eigenvalue weighted by Crippen LogP contribution is 2.29. The minimum absolute atomic E-state index is 0.145. The van der Waals surface area contributed by atoms with Crippen molar-refractivity contribution in [2.24, 2.45) is 0 Å². The molecule has 0 spiro atoms. The maximum absolute atomic E-state index is 12.8. The molecule has 5 nitrogen and oxygen atoms in total. The van der Waals surface area contributed by atoms with Crippen LogP contribution < -0.4 is 5.73 Å². The molecule has 3 rings (SSSR count). The number of hydrogen-bond acceptors (Lipinski definition) is 4. The van der Waals surface area contributed by atoms with Gasteiger partial charge in [-0.05, 0) is 26.0 Å². The summed E-state index contributed by atoms with van der Waals surface area (Å²) in [6, 6.07) is 7.02. The summed E-state index contributed by atoms with van der Waals surface area (Å²) in [5.41, 5.74) is 7.96. The standard InChI is InChI=1S/C16H15ClN4O/c1-9(2)21-7-12(13-15(17)19-8-20-16(13)21)14(22)10-4-3-5-11(18)6-10/h3-9H,18H2,1-2H3. The molecule has 2 heterocycles. The molecule has 0 aliphatic heterocycles. The second-order valence-corrected chi connectivity index (χ2v) is 5.72. The number of aromatic nitrogens is 3. The lowest BCUT2D eigenvalue weighted by atomic mass is 10.0. The summed E-state index contributed by atoms with van der Waals surface area (Å²) < 4.78 is 1.92. The van der Waals surface area contributed by atoms with Crippen molar-refractivity contribution in [2.75, 3.05) is 5.73 Å². The molecule has 0 saturated carbocycles. The molecule has 0 aliphatic carbocycles. The summed E-state index contributed by atoms with van der Waals surface area (Å²) in [7, 11) is 0. The largest absolute Gasteiger partial charge is 0.399 e. The predicted molar refractivity (Wildman–Crippen MR) is 87.2 cm³/mol. The Hall–Kier alpha value is -2.40. The van der Waals surface area contributed by atoms with Gasteiger partial charge in [0.1, 0.15) is 17.1 Å². The van der Waals surface area contributed by atoms with Crippen LogP contribution >= 0.6 is 11.6 Å². The summed E-state index contributed by atoms with van der Waals surface area (Å²) >= 11 is 6.20. The Labute approximate surface area is 132 Å². The molecular weight excluding hydrogens is 300 g/mol. The van der Waals surface area contributed by atoms with Gasteiger partial charge in [-0.25, -0.2) is 9.97 Å². The molecular formula is C16H15ClN4O. The molecule has 2 aromatic heterocycles. The van der Waals surface area contributed by atoms with Crippen LogP contribution in [0.3, 0.4) is 0 Å². The fourth-order valence-electron chi connectivity index (χ4n) is 2.45. The van der Waals surface area contributed by atoms with Crippen LogP contribution in [0.25, 0.3) is 11.0 Å². The number of ketones is 1. The van der Waals surface area contributed by atoms with Gasteiger partial charge in [-0.15, -0.1) is 0 Å². The number of benzene rings is 1. The molecule has 0 amide bonds. The van der Waals surface area contributed by atoms with Gasteiger partial charge < -0.3 is 10.3 Å². The lowest BCUT2D eigenvalue weighted by molar-refractivity contribution is 0.104. The van der Waals surface area contributed by atoms with Crippen LogP contribution in [0.15, 0.2) is 36.8 Å². The highest BCUT2D eigenvalue weighted by atomic mass is 35.5. The van der Waals surface area contributed by atoms with Crippen molar-refractivity contribution in [3.8, 4) is 0 Å². The summed E-state index contributed by atoms with van der Waals surface area (Å²) in [6.45, 7) is 4.04. The molecule has 6 heteroatoms. The molecule has 3 aromatic rings. The van der Waals surface area contributed by atoms with Crippen molar-refractivity contribution in [1.29, 1.82) is 0 Å². The Bertz CT molecular complexity index is 870. The Morgan fingerprint density at radius 3 is 2.77 bits per heavy atom. The summed E-state index contributed by atoms with van der Waals surface area (Å²) in [6.07, 6.45) is 3.18. The summed E-state index contributed by atoms with van der Waals surface area (Å²) in [4.78, 5) is 21.1.